The maximum Gasteiger partial charge on any atom is 0.402 e. The molecule has 0 nitrogen and oxygen atoms in total. The van der Waals surface area contributed by atoms with Crippen LogP contribution in [0.5, 0.6) is 0 Å². The normalized spacial score (nSPS) is 19.0. The minimum atomic E-state index is -4.41. The number of halogens is 8. The zero-order valence-corrected chi connectivity index (χ0v) is 11.6. The second-order valence-corrected chi connectivity index (χ2v) is 13.5. The van der Waals surface area contributed by atoms with Crippen LogP contribution >= 0.6 is 65.1 Å². The fourth-order valence-electron chi connectivity index (χ4n) is 0.332. The molecule has 0 amide bonds. The van der Waals surface area contributed by atoms with Crippen LogP contribution in [0.1, 0.15) is 0 Å². The minimum Gasteiger partial charge on any atom is -0.170 e. The van der Waals surface area contributed by atoms with Gasteiger partial charge in [-0.1, -0.05) is 31.9 Å². The zero-order chi connectivity index (χ0) is 10.2. The molecular weight excluding hydrogens is 387 g/mol. The van der Waals surface area contributed by atoms with E-state index < -0.39 is 21.5 Å². The van der Waals surface area contributed by atoms with E-state index in [-0.39, 0.29) is 0 Å². The Kier molecular flexibility index (Phi) is 5.27. The van der Waals surface area contributed by atoms with Gasteiger partial charge in [-0.05, 0) is 0 Å². The molecule has 0 saturated heterocycles. The molecule has 0 N–H and O–H groups in total. The van der Waals surface area contributed by atoms with Crippen LogP contribution in [-0.2, 0) is 0 Å². The van der Waals surface area contributed by atoms with Crippen molar-refractivity contribution in [3.05, 3.63) is 0 Å². The highest BCUT2D eigenvalue weighted by atomic mass is 79.9. The van der Waals surface area contributed by atoms with Gasteiger partial charge in [-0.3, -0.25) is 0 Å². The molecule has 0 aromatic rings. The molecule has 74 valence electrons. The van der Waals surface area contributed by atoms with Gasteiger partial charge in [0.05, 0.1) is 4.45 Å². The van der Waals surface area contributed by atoms with Crippen LogP contribution in [0.4, 0.5) is 13.2 Å². The number of hydrogen-bond donors (Lipinski definition) is 0. The second kappa shape index (κ2) is 4.57. The summed E-state index contributed by atoms with van der Waals surface area (Å²) < 4.78 is 34.8. The van der Waals surface area contributed by atoms with Crippen LogP contribution in [0, 0.1) is 0 Å². The van der Waals surface area contributed by atoms with Gasteiger partial charge in [-0.15, -0.1) is 33.2 Å². The molecule has 0 aromatic carbocycles. The van der Waals surface area contributed by atoms with Crippen molar-refractivity contribution in [2.24, 2.45) is 0 Å². The quantitative estimate of drug-likeness (QED) is 0.376. The first-order chi connectivity index (χ1) is 5.07. The van der Waals surface area contributed by atoms with Crippen molar-refractivity contribution in [2.75, 3.05) is 0 Å². The second-order valence-electron chi connectivity index (χ2n) is 1.89. The van der Waals surface area contributed by atoms with E-state index >= 15 is 0 Å². The molecule has 0 rings (SSSR count). The van der Waals surface area contributed by atoms with Gasteiger partial charge in [0.15, 0.2) is 0 Å². The van der Waals surface area contributed by atoms with Gasteiger partial charge in [0.2, 0.25) is 0 Å². The van der Waals surface area contributed by atoms with E-state index in [2.05, 4.69) is 31.9 Å². The summed E-state index contributed by atoms with van der Waals surface area (Å²) in [6, 6.07) is -3.37. The molecule has 0 heterocycles. The third-order valence-electron chi connectivity index (χ3n) is 0.882. The van der Waals surface area contributed by atoms with E-state index in [0.717, 1.165) is 0 Å². The average molecular weight is 389 g/mol. The van der Waals surface area contributed by atoms with Crippen LogP contribution in [0.2, 0.25) is 0 Å². The lowest BCUT2D eigenvalue weighted by atomic mass is 10.5. The number of rotatable bonds is 2. The van der Waals surface area contributed by atoms with E-state index in [1.165, 1.54) is 0 Å². The van der Waals surface area contributed by atoms with Crippen molar-refractivity contribution in [1.29, 1.82) is 0 Å². The summed E-state index contributed by atoms with van der Waals surface area (Å²) in [6.07, 6.45) is -4.41. The molecule has 0 aliphatic carbocycles. The highest BCUT2D eigenvalue weighted by molar-refractivity contribution is 9.12. The van der Waals surface area contributed by atoms with Gasteiger partial charge < -0.3 is 0 Å². The number of alkyl halides is 5. The average Bonchev–Trinajstić information content (AvgIpc) is 1.80. The summed E-state index contributed by atoms with van der Waals surface area (Å²) in [6.45, 7) is 0. The lowest BCUT2D eigenvalue weighted by Gasteiger charge is -2.23. The third kappa shape index (κ3) is 4.37. The zero-order valence-electron chi connectivity index (χ0n) is 5.18. The van der Waals surface area contributed by atoms with Crippen molar-refractivity contribution in [3.63, 3.8) is 0 Å². The van der Waals surface area contributed by atoms with E-state index in [1.54, 1.807) is 0 Å². The van der Waals surface area contributed by atoms with Crippen molar-refractivity contribution in [1.82, 2.24) is 0 Å². The molecule has 0 radical (unpaired) electrons. The molecule has 9 heteroatoms. The molecule has 0 spiro atoms. The van der Waals surface area contributed by atoms with Gasteiger partial charge in [0.1, 0.15) is 4.83 Å². The maximum absolute atomic E-state index is 12.0. The Morgan fingerprint density at radius 1 is 1.08 bits per heavy atom. The standard InChI is InChI=1S/C3H2Br2Cl3F3Si/c4-1(3(9,10)11)2(5)12(6,7)8/h1-2H/t1-,2-/m1/s1. The smallest absolute Gasteiger partial charge is 0.170 e. The third-order valence-corrected chi connectivity index (χ3v) is 11.2. The fourth-order valence-corrected chi connectivity index (χ4v) is 4.85. The molecule has 0 aromatic heterocycles. The van der Waals surface area contributed by atoms with Crippen LogP contribution < -0.4 is 0 Å². The Hall–Kier alpha value is 1.84. The summed E-state index contributed by atoms with van der Waals surface area (Å²) in [5.41, 5.74) is 0. The van der Waals surface area contributed by atoms with Crippen LogP contribution in [0.3, 0.4) is 0 Å². The van der Waals surface area contributed by atoms with E-state index in [4.69, 9.17) is 33.2 Å². The molecule has 2 atom stereocenters. The van der Waals surface area contributed by atoms with E-state index in [9.17, 15) is 13.2 Å². The highest BCUT2D eigenvalue weighted by Crippen LogP contribution is 2.40. The predicted octanol–water partition coefficient (Wildman–Crippen LogP) is 4.27. The first-order valence-electron chi connectivity index (χ1n) is 2.48. The highest BCUT2D eigenvalue weighted by Gasteiger charge is 2.51. The van der Waals surface area contributed by atoms with Crippen LogP contribution in [-0.4, -0.2) is 21.5 Å². The van der Waals surface area contributed by atoms with Gasteiger partial charge in [-0.2, -0.15) is 13.2 Å². The molecule has 0 unspecified atom stereocenters. The van der Waals surface area contributed by atoms with E-state index in [0.29, 0.717) is 0 Å². The van der Waals surface area contributed by atoms with Crippen molar-refractivity contribution in [3.8, 4) is 0 Å². The molecule has 12 heavy (non-hydrogen) atoms. The lowest BCUT2D eigenvalue weighted by molar-refractivity contribution is -0.124. The van der Waals surface area contributed by atoms with Crippen molar-refractivity contribution < 1.29 is 13.2 Å². The summed E-state index contributed by atoms with van der Waals surface area (Å²) in [5.74, 6) is 0. The Morgan fingerprint density at radius 3 is 1.50 bits per heavy atom. The molecule has 0 bridgehead atoms. The molecular formula is C3H2Br2Cl3F3Si. The first kappa shape index (κ1) is 13.8. The predicted molar refractivity (Wildman–Crippen MR) is 54.8 cm³/mol. The molecule has 0 fully saturated rings. The van der Waals surface area contributed by atoms with Crippen LogP contribution in [0.25, 0.3) is 0 Å². The molecule has 0 aliphatic rings. The Morgan fingerprint density at radius 2 is 1.42 bits per heavy atom. The Labute approximate surface area is 99.1 Å². The lowest BCUT2D eigenvalue weighted by Crippen LogP contribution is -2.41. The van der Waals surface area contributed by atoms with Gasteiger partial charge in [-0.25, -0.2) is 0 Å². The molecule has 0 aliphatic heterocycles. The van der Waals surface area contributed by atoms with Crippen LogP contribution in [0.15, 0.2) is 0 Å². The van der Waals surface area contributed by atoms with Crippen molar-refractivity contribution in [2.45, 2.75) is 15.5 Å². The first-order valence-corrected chi connectivity index (χ1v) is 9.43. The van der Waals surface area contributed by atoms with Crippen molar-refractivity contribution >= 4 is 71.1 Å². The topological polar surface area (TPSA) is 0 Å². The summed E-state index contributed by atoms with van der Waals surface area (Å²) >= 11 is 21.2. The molecule has 0 saturated carbocycles. The monoisotopic (exact) mass is 386 g/mol. The number of hydrogen-bond acceptors (Lipinski definition) is 0. The maximum atomic E-state index is 12.0. The Balaban J connectivity index is 4.41. The van der Waals surface area contributed by atoms with Gasteiger partial charge >= 0.3 is 12.2 Å². The van der Waals surface area contributed by atoms with E-state index in [1.807, 2.05) is 0 Å². The van der Waals surface area contributed by atoms with Gasteiger partial charge in [0, 0.05) is 0 Å². The fraction of sp³-hybridized carbons (Fsp3) is 1.00. The SMILES string of the molecule is FC(F)(F)[C@H](Br)[C@H](Br)[Si](Cl)(Cl)Cl. The Bertz CT molecular complexity index is 140. The van der Waals surface area contributed by atoms with Gasteiger partial charge in [0.25, 0.3) is 0 Å². The summed E-state index contributed by atoms with van der Waals surface area (Å²) in [4.78, 5) is -1.83. The summed E-state index contributed by atoms with van der Waals surface area (Å²) in [5, 5.41) is 0. The minimum absolute atomic E-state index is 1.19. The largest absolute Gasteiger partial charge is 0.402 e. The summed E-state index contributed by atoms with van der Waals surface area (Å²) in [7, 11) is 0.